The van der Waals surface area contributed by atoms with E-state index in [0.29, 0.717) is 18.1 Å². The number of nitrogens with one attached hydrogen (secondary N) is 1. The van der Waals surface area contributed by atoms with Crippen LogP contribution in [0, 0.1) is 0 Å². The molecule has 0 atom stereocenters. The lowest BCUT2D eigenvalue weighted by atomic mass is 10.3. The van der Waals surface area contributed by atoms with Crippen LogP contribution in [0.1, 0.15) is 19.0 Å². The van der Waals surface area contributed by atoms with E-state index in [1.54, 1.807) is 5.38 Å². The van der Waals surface area contributed by atoms with Crippen molar-refractivity contribution in [2.24, 2.45) is 10.9 Å². The maximum atomic E-state index is 11.1. The van der Waals surface area contributed by atoms with E-state index in [-0.39, 0.29) is 11.4 Å². The second-order valence-electron chi connectivity index (χ2n) is 2.94. The Morgan fingerprint density at radius 2 is 2.53 bits per heavy atom. The third kappa shape index (κ3) is 3.83. The van der Waals surface area contributed by atoms with Crippen LogP contribution < -0.4 is 11.1 Å². The minimum atomic E-state index is -0.732. The number of nitrogens with two attached hydrogens (primary N) is 1. The zero-order valence-corrected chi connectivity index (χ0v) is 9.99. The summed E-state index contributed by atoms with van der Waals surface area (Å²) >= 11 is 1.16. The van der Waals surface area contributed by atoms with Crippen LogP contribution >= 0.6 is 11.3 Å². The van der Waals surface area contributed by atoms with Crippen molar-refractivity contribution >= 4 is 34.5 Å². The average Bonchev–Trinajstić information content (AvgIpc) is 2.73. The summed E-state index contributed by atoms with van der Waals surface area (Å²) in [7, 11) is 0. The predicted octanol–water partition coefficient (Wildman–Crippen LogP) is 0.327. The van der Waals surface area contributed by atoms with Crippen molar-refractivity contribution in [1.82, 2.24) is 4.98 Å². The van der Waals surface area contributed by atoms with Gasteiger partial charge in [0.15, 0.2) is 10.8 Å². The first-order valence-electron chi connectivity index (χ1n) is 4.84. The molecule has 0 aliphatic carbocycles. The van der Waals surface area contributed by atoms with E-state index in [1.807, 2.05) is 6.92 Å². The van der Waals surface area contributed by atoms with Crippen LogP contribution in [0.15, 0.2) is 10.5 Å². The number of primary amides is 1. The Labute approximate surface area is 102 Å². The van der Waals surface area contributed by atoms with Gasteiger partial charge in [-0.2, -0.15) is 0 Å². The number of carbonyl (C=O) groups excluding carboxylic acids is 2. The highest BCUT2D eigenvalue weighted by Gasteiger charge is 2.15. The van der Waals surface area contributed by atoms with E-state index >= 15 is 0 Å². The summed E-state index contributed by atoms with van der Waals surface area (Å²) in [4.78, 5) is 30.2. The summed E-state index contributed by atoms with van der Waals surface area (Å²) in [6.07, 6.45) is 1.27. The quantitative estimate of drug-likeness (QED) is 0.317. The lowest BCUT2D eigenvalue weighted by molar-refractivity contribution is -0.112. The maximum Gasteiger partial charge on any atom is 0.273 e. The molecular weight excluding hydrogens is 244 g/mol. The van der Waals surface area contributed by atoms with E-state index in [4.69, 9.17) is 10.6 Å². The van der Waals surface area contributed by atoms with E-state index in [1.165, 1.54) is 0 Å². The molecule has 0 aliphatic rings. The molecule has 7 nitrogen and oxygen atoms in total. The Kier molecular flexibility index (Phi) is 5.08. The smallest absolute Gasteiger partial charge is 0.273 e. The molecule has 0 fully saturated rings. The molecule has 3 N–H and O–H groups in total. The van der Waals surface area contributed by atoms with Crippen LogP contribution in [-0.4, -0.2) is 29.6 Å². The van der Waals surface area contributed by atoms with Crippen molar-refractivity contribution in [3.63, 3.8) is 0 Å². The van der Waals surface area contributed by atoms with Gasteiger partial charge in [0, 0.05) is 5.38 Å². The Morgan fingerprint density at radius 3 is 3.12 bits per heavy atom. The van der Waals surface area contributed by atoms with Crippen LogP contribution in [0.4, 0.5) is 5.13 Å². The van der Waals surface area contributed by atoms with Crippen LogP contribution in [0.5, 0.6) is 0 Å². The number of anilines is 1. The summed E-state index contributed by atoms with van der Waals surface area (Å²) in [5.41, 5.74) is 5.38. The molecule has 0 saturated heterocycles. The minimum absolute atomic E-state index is 0.0614. The second-order valence-corrected chi connectivity index (χ2v) is 3.80. The monoisotopic (exact) mass is 256 g/mol. The van der Waals surface area contributed by atoms with E-state index in [9.17, 15) is 9.59 Å². The van der Waals surface area contributed by atoms with Crippen molar-refractivity contribution in [3.05, 3.63) is 11.1 Å². The Hall–Kier alpha value is -1.96. The largest absolute Gasteiger partial charge is 0.395 e. The standard InChI is InChI=1S/C9H12N4O3S/c1-2-3-16-13-7(8(10)15)6-4-17-9(12-6)11-5-14/h4-5H,2-3H2,1H3,(H2,10,15)(H,11,12,14). The lowest BCUT2D eigenvalue weighted by Gasteiger charge is -1.99. The van der Waals surface area contributed by atoms with E-state index < -0.39 is 5.91 Å². The number of carbonyl (C=O) groups is 2. The maximum absolute atomic E-state index is 11.1. The number of amides is 2. The Morgan fingerprint density at radius 1 is 1.76 bits per heavy atom. The zero-order chi connectivity index (χ0) is 12.7. The van der Waals surface area contributed by atoms with Gasteiger partial charge in [-0.05, 0) is 6.42 Å². The number of aromatic nitrogens is 1. The van der Waals surface area contributed by atoms with Crippen molar-refractivity contribution < 1.29 is 14.4 Å². The molecule has 0 aliphatic heterocycles. The van der Waals surface area contributed by atoms with Crippen LogP contribution in [0.2, 0.25) is 0 Å². The van der Waals surface area contributed by atoms with Gasteiger partial charge in [0.05, 0.1) is 0 Å². The molecule has 2 amide bonds. The van der Waals surface area contributed by atoms with Gasteiger partial charge < -0.3 is 15.9 Å². The molecule has 0 radical (unpaired) electrons. The number of thiazole rings is 1. The summed E-state index contributed by atoms with van der Waals surface area (Å²) in [5, 5.41) is 7.92. The first kappa shape index (κ1) is 13.1. The van der Waals surface area contributed by atoms with Gasteiger partial charge >= 0.3 is 0 Å². The fraction of sp³-hybridized carbons (Fsp3) is 0.333. The third-order valence-corrected chi connectivity index (χ3v) is 2.39. The molecule has 0 unspecified atom stereocenters. The summed E-state index contributed by atoms with van der Waals surface area (Å²) in [6.45, 7) is 2.30. The number of rotatable bonds is 7. The summed E-state index contributed by atoms with van der Waals surface area (Å²) in [5.74, 6) is -0.732. The molecule has 1 heterocycles. The molecule has 1 aromatic heterocycles. The molecule has 17 heavy (non-hydrogen) atoms. The molecule has 0 saturated carbocycles. The van der Waals surface area contributed by atoms with Gasteiger partial charge in [-0.25, -0.2) is 4.98 Å². The van der Waals surface area contributed by atoms with Gasteiger partial charge in [-0.1, -0.05) is 12.1 Å². The normalized spacial score (nSPS) is 11.0. The highest BCUT2D eigenvalue weighted by molar-refractivity contribution is 7.14. The fourth-order valence-electron chi connectivity index (χ4n) is 0.919. The number of hydrogen-bond acceptors (Lipinski definition) is 6. The van der Waals surface area contributed by atoms with Gasteiger partial charge in [-0.3, -0.25) is 9.59 Å². The van der Waals surface area contributed by atoms with Gasteiger partial charge in [0.1, 0.15) is 12.3 Å². The molecule has 0 aromatic carbocycles. The lowest BCUT2D eigenvalue weighted by Crippen LogP contribution is -2.25. The molecule has 1 aromatic rings. The highest BCUT2D eigenvalue weighted by Crippen LogP contribution is 2.15. The van der Waals surface area contributed by atoms with Crippen LogP contribution in [-0.2, 0) is 14.4 Å². The van der Waals surface area contributed by atoms with Gasteiger partial charge in [-0.15, -0.1) is 11.3 Å². The fourth-order valence-corrected chi connectivity index (χ4v) is 1.57. The molecule has 8 heteroatoms. The second kappa shape index (κ2) is 6.59. The highest BCUT2D eigenvalue weighted by atomic mass is 32.1. The van der Waals surface area contributed by atoms with E-state index in [0.717, 1.165) is 17.8 Å². The van der Waals surface area contributed by atoms with Crippen molar-refractivity contribution in [1.29, 1.82) is 0 Å². The average molecular weight is 256 g/mol. The van der Waals surface area contributed by atoms with Crippen molar-refractivity contribution in [2.45, 2.75) is 13.3 Å². The molecule has 92 valence electrons. The van der Waals surface area contributed by atoms with Crippen molar-refractivity contribution in [3.8, 4) is 0 Å². The minimum Gasteiger partial charge on any atom is -0.395 e. The van der Waals surface area contributed by atoms with Crippen molar-refractivity contribution in [2.75, 3.05) is 11.9 Å². The molecule has 0 bridgehead atoms. The van der Waals surface area contributed by atoms with Gasteiger partial charge in [0.2, 0.25) is 6.41 Å². The van der Waals surface area contributed by atoms with Crippen LogP contribution in [0.3, 0.4) is 0 Å². The first-order valence-corrected chi connectivity index (χ1v) is 5.72. The number of hydrogen-bond donors (Lipinski definition) is 2. The molecule has 1 rings (SSSR count). The SMILES string of the molecule is CCCON=C(C(N)=O)c1csc(NC=O)n1. The zero-order valence-electron chi connectivity index (χ0n) is 9.17. The number of oxime groups is 1. The summed E-state index contributed by atoms with van der Waals surface area (Å²) in [6, 6.07) is 0. The molecular formula is C9H12N4O3S. The van der Waals surface area contributed by atoms with E-state index in [2.05, 4.69) is 15.5 Å². The predicted molar refractivity (Wildman–Crippen MR) is 63.8 cm³/mol. The van der Waals surface area contributed by atoms with Crippen LogP contribution in [0.25, 0.3) is 0 Å². The first-order chi connectivity index (χ1) is 8.19. The van der Waals surface area contributed by atoms with Gasteiger partial charge in [0.25, 0.3) is 5.91 Å². The Balaban J connectivity index is 2.85. The summed E-state index contributed by atoms with van der Waals surface area (Å²) < 4.78 is 0. The molecule has 0 spiro atoms. The Bertz CT molecular complexity index is 430. The third-order valence-electron chi connectivity index (χ3n) is 1.61. The topological polar surface area (TPSA) is 107 Å². The number of nitrogens with zero attached hydrogens (tertiary/aromatic N) is 2.